The number of rotatable bonds is 10. The lowest BCUT2D eigenvalue weighted by Gasteiger charge is -2.22. The Hall–Kier alpha value is -4.67. The lowest BCUT2D eigenvalue weighted by molar-refractivity contribution is -0.162. The molecule has 216 valence electrons. The Morgan fingerprint density at radius 3 is 2.56 bits per heavy atom. The summed E-state index contributed by atoms with van der Waals surface area (Å²) in [7, 11) is 0. The van der Waals surface area contributed by atoms with Crippen molar-refractivity contribution >= 4 is 11.9 Å². The van der Waals surface area contributed by atoms with Crippen LogP contribution in [0.1, 0.15) is 49.2 Å². The van der Waals surface area contributed by atoms with Crippen LogP contribution in [0.3, 0.4) is 0 Å². The monoisotopic (exact) mass is 568 g/mol. The third-order valence-corrected chi connectivity index (χ3v) is 5.58. The Balaban J connectivity index is 1.35. The second kappa shape index (κ2) is 12.7. The molecule has 1 aliphatic heterocycles. The molecule has 0 saturated carbocycles. The average molecular weight is 569 g/mol. The fraction of sp³-hybridized carbons (Fsp3) is 0.300. The number of esters is 1. The van der Waals surface area contributed by atoms with Crippen LogP contribution in [0.15, 0.2) is 73.0 Å². The van der Waals surface area contributed by atoms with Crippen LogP contribution in [0.5, 0.6) is 11.6 Å². The first-order chi connectivity index (χ1) is 19.5. The molecule has 1 N–H and O–H groups in total. The summed E-state index contributed by atoms with van der Waals surface area (Å²) in [6.45, 7) is 6.45. The minimum Gasteiger partial charge on any atom is -0.479 e. The Kier molecular flexibility index (Phi) is 9.06. The summed E-state index contributed by atoms with van der Waals surface area (Å²) in [6.07, 6.45) is 0.969. The lowest BCUT2D eigenvalue weighted by Crippen LogP contribution is -2.33. The van der Waals surface area contributed by atoms with Crippen molar-refractivity contribution in [3.05, 3.63) is 101 Å². The largest absolute Gasteiger partial charge is 0.479 e. The normalized spacial score (nSPS) is 15.2. The van der Waals surface area contributed by atoms with E-state index in [2.05, 4.69) is 10.3 Å². The van der Waals surface area contributed by atoms with E-state index in [1.165, 1.54) is 25.3 Å². The number of aromatic nitrogens is 1. The summed E-state index contributed by atoms with van der Waals surface area (Å²) in [4.78, 5) is 28.9. The van der Waals surface area contributed by atoms with Gasteiger partial charge in [0.15, 0.2) is 12.4 Å². The molecule has 0 spiro atoms. The standard InChI is InChI=1S/C30H30F2N2O7/c1-18(29(36)41-30(2,3)4)38-22-11-10-20(24(32)14-22)15-33-27(35)23-13-21(31)16-34-28(23)40-26-17-37-25(39-26)12-19-8-6-5-7-9-19/h5-11,13-14,16-18,25H,12,15H2,1-4H3,(H,33,35). The summed E-state index contributed by atoms with van der Waals surface area (Å²) in [5.74, 6) is -2.97. The molecule has 4 rings (SSSR count). The molecular weight excluding hydrogens is 538 g/mol. The summed E-state index contributed by atoms with van der Waals surface area (Å²) >= 11 is 0. The molecule has 1 aromatic heterocycles. The van der Waals surface area contributed by atoms with Gasteiger partial charge in [-0.15, -0.1) is 0 Å². The van der Waals surface area contributed by atoms with Crippen molar-refractivity contribution in [1.82, 2.24) is 10.3 Å². The van der Waals surface area contributed by atoms with Gasteiger partial charge in [0.2, 0.25) is 12.2 Å². The number of halogens is 2. The number of carbonyl (C=O) groups is 2. The number of carbonyl (C=O) groups excluding carboxylic acids is 2. The van der Waals surface area contributed by atoms with E-state index >= 15 is 0 Å². The van der Waals surface area contributed by atoms with Crippen molar-refractivity contribution in [2.75, 3.05) is 0 Å². The van der Waals surface area contributed by atoms with E-state index in [4.69, 9.17) is 23.7 Å². The summed E-state index contributed by atoms with van der Waals surface area (Å²) in [6, 6.07) is 14.4. The van der Waals surface area contributed by atoms with E-state index in [-0.39, 0.29) is 35.2 Å². The first kappa shape index (κ1) is 29.3. The lowest BCUT2D eigenvalue weighted by atomic mass is 10.1. The predicted molar refractivity (Wildman–Crippen MR) is 143 cm³/mol. The summed E-state index contributed by atoms with van der Waals surface area (Å²) in [5.41, 5.74) is 0.189. The molecule has 41 heavy (non-hydrogen) atoms. The zero-order chi connectivity index (χ0) is 29.6. The maximum absolute atomic E-state index is 14.8. The Morgan fingerprint density at radius 1 is 1.10 bits per heavy atom. The van der Waals surface area contributed by atoms with Crippen molar-refractivity contribution in [1.29, 1.82) is 0 Å². The highest BCUT2D eigenvalue weighted by molar-refractivity contribution is 5.96. The number of benzene rings is 2. The first-order valence-electron chi connectivity index (χ1n) is 12.8. The molecule has 0 aliphatic carbocycles. The zero-order valence-corrected chi connectivity index (χ0v) is 23.0. The van der Waals surface area contributed by atoms with E-state index in [1.54, 1.807) is 20.8 Å². The molecule has 0 bridgehead atoms. The second-order valence-corrected chi connectivity index (χ2v) is 10.1. The molecule has 2 aromatic carbocycles. The van der Waals surface area contributed by atoms with Crippen LogP contribution < -0.4 is 14.8 Å². The van der Waals surface area contributed by atoms with Gasteiger partial charge < -0.3 is 29.0 Å². The van der Waals surface area contributed by atoms with Crippen LogP contribution >= 0.6 is 0 Å². The highest BCUT2D eigenvalue weighted by Gasteiger charge is 2.26. The van der Waals surface area contributed by atoms with Gasteiger partial charge in [0.05, 0.1) is 6.20 Å². The van der Waals surface area contributed by atoms with Gasteiger partial charge in [0.1, 0.15) is 28.5 Å². The Labute approximate surface area is 236 Å². The number of nitrogens with one attached hydrogen (secondary N) is 1. The Morgan fingerprint density at radius 2 is 1.85 bits per heavy atom. The molecule has 1 aliphatic rings. The van der Waals surface area contributed by atoms with Gasteiger partial charge in [-0.05, 0) is 45.4 Å². The summed E-state index contributed by atoms with van der Waals surface area (Å²) in [5, 5.41) is 2.52. The van der Waals surface area contributed by atoms with Crippen LogP contribution in [-0.4, -0.2) is 34.9 Å². The minimum absolute atomic E-state index is 0.0543. The highest BCUT2D eigenvalue weighted by Crippen LogP contribution is 2.25. The minimum atomic E-state index is -0.962. The molecule has 3 aromatic rings. The smallest absolute Gasteiger partial charge is 0.347 e. The SMILES string of the molecule is CC(Oc1ccc(CNC(=O)c2cc(F)cnc2OC2=COC(Cc3ccccc3)O2)c(F)c1)C(=O)OC(C)(C)C. The number of ether oxygens (including phenoxy) is 5. The topological polar surface area (TPSA) is 105 Å². The molecule has 0 saturated heterocycles. The maximum Gasteiger partial charge on any atom is 0.347 e. The van der Waals surface area contributed by atoms with Crippen LogP contribution in [-0.2, 0) is 32.0 Å². The number of hydrogen-bond acceptors (Lipinski definition) is 8. The zero-order valence-electron chi connectivity index (χ0n) is 23.0. The van der Waals surface area contributed by atoms with Crippen LogP contribution in [0.2, 0.25) is 0 Å². The Bertz CT molecular complexity index is 1420. The van der Waals surface area contributed by atoms with Crippen molar-refractivity contribution in [3.8, 4) is 11.6 Å². The first-order valence-corrected chi connectivity index (χ1v) is 12.8. The van der Waals surface area contributed by atoms with E-state index in [0.29, 0.717) is 6.42 Å². The molecule has 0 fully saturated rings. The number of nitrogens with zero attached hydrogens (tertiary/aromatic N) is 1. The van der Waals surface area contributed by atoms with Gasteiger partial charge in [-0.2, -0.15) is 0 Å². The molecule has 1 amide bonds. The van der Waals surface area contributed by atoms with Gasteiger partial charge in [0, 0.05) is 24.6 Å². The number of hydrogen-bond donors (Lipinski definition) is 1. The maximum atomic E-state index is 14.8. The highest BCUT2D eigenvalue weighted by atomic mass is 19.1. The fourth-order valence-corrected chi connectivity index (χ4v) is 3.68. The van der Waals surface area contributed by atoms with E-state index in [0.717, 1.165) is 23.9 Å². The van der Waals surface area contributed by atoms with Crippen molar-refractivity contribution in [2.45, 2.75) is 58.7 Å². The van der Waals surface area contributed by atoms with Gasteiger partial charge in [-0.25, -0.2) is 18.6 Å². The van der Waals surface area contributed by atoms with Crippen LogP contribution in [0.4, 0.5) is 8.78 Å². The number of amides is 1. The third-order valence-electron chi connectivity index (χ3n) is 5.58. The quantitative estimate of drug-likeness (QED) is 0.333. The van der Waals surface area contributed by atoms with Crippen molar-refractivity contribution < 1.29 is 42.1 Å². The predicted octanol–water partition coefficient (Wildman–Crippen LogP) is 5.19. The van der Waals surface area contributed by atoms with Gasteiger partial charge in [-0.1, -0.05) is 36.4 Å². The summed E-state index contributed by atoms with van der Waals surface area (Å²) < 4.78 is 56.1. The third kappa shape index (κ3) is 8.41. The number of pyridine rings is 1. The molecular formula is C30H30F2N2O7. The van der Waals surface area contributed by atoms with Crippen LogP contribution in [0.25, 0.3) is 0 Å². The van der Waals surface area contributed by atoms with Gasteiger partial charge >= 0.3 is 11.9 Å². The molecule has 0 radical (unpaired) electrons. The van der Waals surface area contributed by atoms with E-state index < -0.39 is 41.5 Å². The molecule has 2 unspecified atom stereocenters. The van der Waals surface area contributed by atoms with Crippen molar-refractivity contribution in [3.63, 3.8) is 0 Å². The van der Waals surface area contributed by atoms with E-state index in [1.807, 2.05) is 30.3 Å². The molecule has 9 nitrogen and oxygen atoms in total. The average Bonchev–Trinajstić information content (AvgIpc) is 3.35. The fourth-order valence-electron chi connectivity index (χ4n) is 3.68. The molecule has 2 atom stereocenters. The molecule has 11 heteroatoms. The second-order valence-electron chi connectivity index (χ2n) is 10.1. The molecule has 2 heterocycles. The van der Waals surface area contributed by atoms with Gasteiger partial charge in [0.25, 0.3) is 5.91 Å². The van der Waals surface area contributed by atoms with E-state index in [9.17, 15) is 18.4 Å². The van der Waals surface area contributed by atoms with Crippen molar-refractivity contribution in [2.24, 2.45) is 0 Å². The van der Waals surface area contributed by atoms with Gasteiger partial charge in [-0.3, -0.25) is 4.79 Å². The van der Waals surface area contributed by atoms with Crippen LogP contribution in [0, 0.1) is 11.6 Å².